The molecule has 1 unspecified atom stereocenters. The predicted octanol–water partition coefficient (Wildman–Crippen LogP) is 2.38. The zero-order chi connectivity index (χ0) is 8.72. The highest BCUT2D eigenvalue weighted by atomic mass is 127. The second-order valence-corrected chi connectivity index (χ2v) is 4.36. The normalized spacial score (nSPS) is 21.2. The van der Waals surface area contributed by atoms with Gasteiger partial charge < -0.3 is 5.01 Å². The van der Waals surface area contributed by atoms with Crippen LogP contribution in [0.1, 0.15) is 15.2 Å². The number of alkyl halides is 1. The fraction of sp³-hybridized carbons (Fsp3) is 0.333. The lowest BCUT2D eigenvalue weighted by atomic mass is 10.1. The second kappa shape index (κ2) is 2.88. The minimum Gasteiger partial charge on any atom is -0.310 e. The van der Waals surface area contributed by atoms with Gasteiger partial charge in [-0.05, 0) is 13.0 Å². The van der Waals surface area contributed by atoms with Gasteiger partial charge >= 0.3 is 0 Å². The van der Waals surface area contributed by atoms with Crippen molar-refractivity contribution in [2.75, 3.05) is 12.1 Å². The number of nitrogens with one attached hydrogen (secondary N) is 1. The first-order valence-corrected chi connectivity index (χ1v) is 5.17. The lowest BCUT2D eigenvalue weighted by Crippen LogP contribution is -2.27. The molecule has 12 heavy (non-hydrogen) atoms. The molecule has 1 heterocycles. The van der Waals surface area contributed by atoms with Gasteiger partial charge in [-0.3, -0.25) is 0 Å². The summed E-state index contributed by atoms with van der Waals surface area (Å²) in [5.41, 5.74) is 7.33. The molecule has 0 amide bonds. The van der Waals surface area contributed by atoms with Gasteiger partial charge in [-0.25, -0.2) is 5.43 Å². The third-order valence-corrected chi connectivity index (χ3v) is 3.07. The van der Waals surface area contributed by atoms with Gasteiger partial charge in [-0.15, -0.1) is 0 Å². The van der Waals surface area contributed by atoms with Crippen molar-refractivity contribution in [1.29, 1.82) is 0 Å². The Hall–Kier alpha value is -0.290. The molecule has 0 aromatic heterocycles. The van der Waals surface area contributed by atoms with Crippen LogP contribution in [0.4, 0.5) is 5.69 Å². The van der Waals surface area contributed by atoms with Crippen LogP contribution in [-0.2, 0) is 0 Å². The number of nitrogens with zero attached hydrogens (tertiary/aromatic N) is 1. The van der Waals surface area contributed by atoms with Crippen molar-refractivity contribution in [3.8, 4) is 0 Å². The third kappa shape index (κ3) is 1.21. The Morgan fingerprint density at radius 1 is 1.50 bits per heavy atom. The van der Waals surface area contributed by atoms with Gasteiger partial charge in [0.05, 0.1) is 5.69 Å². The molecule has 1 atom stereocenters. The van der Waals surface area contributed by atoms with E-state index in [9.17, 15) is 0 Å². The summed E-state index contributed by atoms with van der Waals surface area (Å²) in [7, 11) is 2.05. The van der Waals surface area contributed by atoms with Gasteiger partial charge in [-0.2, -0.15) is 0 Å². The van der Waals surface area contributed by atoms with Crippen LogP contribution in [0.25, 0.3) is 0 Å². The molecule has 1 aliphatic rings. The van der Waals surface area contributed by atoms with Gasteiger partial charge in [0.1, 0.15) is 4.05 Å². The maximum atomic E-state index is 3.33. The van der Waals surface area contributed by atoms with E-state index in [0.717, 1.165) is 0 Å². The van der Waals surface area contributed by atoms with Crippen molar-refractivity contribution in [2.24, 2.45) is 0 Å². The number of anilines is 1. The number of hydrogen-bond acceptors (Lipinski definition) is 2. The molecule has 2 nitrogen and oxygen atoms in total. The lowest BCUT2D eigenvalue weighted by Gasteiger charge is -2.11. The molecule has 0 fully saturated rings. The van der Waals surface area contributed by atoms with Crippen molar-refractivity contribution in [3.63, 3.8) is 0 Å². The Morgan fingerprint density at radius 3 is 3.00 bits per heavy atom. The van der Waals surface area contributed by atoms with Crippen LogP contribution in [0.5, 0.6) is 0 Å². The van der Waals surface area contributed by atoms with E-state index in [-0.39, 0.29) is 0 Å². The molecule has 64 valence electrons. The minimum absolute atomic E-state index is 0.419. The Bertz CT molecular complexity index is 311. The SMILES string of the molecule is Cc1ccc2c(c1)C(I)NN2C. The minimum atomic E-state index is 0.419. The number of rotatable bonds is 0. The number of hydrazine groups is 1. The molecule has 0 saturated carbocycles. The molecule has 2 rings (SSSR count). The number of hydrogen-bond donors (Lipinski definition) is 1. The quantitative estimate of drug-likeness (QED) is 0.444. The van der Waals surface area contributed by atoms with E-state index in [4.69, 9.17) is 0 Å². The van der Waals surface area contributed by atoms with E-state index in [0.29, 0.717) is 4.05 Å². The summed E-state index contributed by atoms with van der Waals surface area (Å²) in [5.74, 6) is 0. The van der Waals surface area contributed by atoms with E-state index < -0.39 is 0 Å². The predicted molar refractivity (Wildman–Crippen MR) is 59.5 cm³/mol. The van der Waals surface area contributed by atoms with E-state index in [2.05, 4.69) is 58.1 Å². The van der Waals surface area contributed by atoms with Gasteiger partial charge in [0.25, 0.3) is 0 Å². The maximum Gasteiger partial charge on any atom is 0.105 e. The summed E-state index contributed by atoms with van der Waals surface area (Å²) in [4.78, 5) is 0. The number of halogens is 1. The van der Waals surface area contributed by atoms with E-state index in [1.165, 1.54) is 16.8 Å². The zero-order valence-corrected chi connectivity index (χ0v) is 9.29. The average Bonchev–Trinajstić information content (AvgIpc) is 2.28. The molecule has 0 aliphatic carbocycles. The van der Waals surface area contributed by atoms with Crippen molar-refractivity contribution in [2.45, 2.75) is 11.0 Å². The van der Waals surface area contributed by atoms with Crippen LogP contribution in [0.2, 0.25) is 0 Å². The lowest BCUT2D eigenvalue weighted by molar-refractivity contribution is 0.738. The molecule has 1 aromatic carbocycles. The van der Waals surface area contributed by atoms with Gasteiger partial charge in [0.15, 0.2) is 0 Å². The average molecular weight is 274 g/mol. The molecule has 0 saturated heterocycles. The van der Waals surface area contributed by atoms with Gasteiger partial charge in [0, 0.05) is 12.6 Å². The van der Waals surface area contributed by atoms with Gasteiger partial charge in [-0.1, -0.05) is 40.3 Å². The molecular formula is C9H11IN2. The summed E-state index contributed by atoms with van der Waals surface area (Å²) in [6, 6.07) is 6.55. The Morgan fingerprint density at radius 2 is 2.25 bits per heavy atom. The highest BCUT2D eigenvalue weighted by molar-refractivity contribution is 14.1. The first-order chi connectivity index (χ1) is 5.68. The van der Waals surface area contributed by atoms with Crippen molar-refractivity contribution in [3.05, 3.63) is 29.3 Å². The molecule has 1 N–H and O–H groups in total. The van der Waals surface area contributed by atoms with Crippen LogP contribution in [0.3, 0.4) is 0 Å². The molecule has 0 spiro atoms. The first kappa shape index (κ1) is 8.31. The smallest absolute Gasteiger partial charge is 0.105 e. The topological polar surface area (TPSA) is 15.3 Å². The van der Waals surface area contributed by atoms with Crippen molar-refractivity contribution >= 4 is 28.3 Å². The maximum absolute atomic E-state index is 3.33. The summed E-state index contributed by atoms with van der Waals surface area (Å²) < 4.78 is 0.419. The van der Waals surface area contributed by atoms with E-state index in [1.807, 2.05) is 7.05 Å². The molecule has 0 radical (unpaired) electrons. The van der Waals surface area contributed by atoms with Crippen molar-refractivity contribution < 1.29 is 0 Å². The number of aryl methyl sites for hydroxylation is 1. The Balaban J connectivity index is 2.53. The van der Waals surface area contributed by atoms with E-state index in [1.54, 1.807) is 0 Å². The molecule has 3 heteroatoms. The summed E-state index contributed by atoms with van der Waals surface area (Å²) in [6.45, 7) is 2.13. The fourth-order valence-electron chi connectivity index (χ4n) is 1.49. The standard InChI is InChI=1S/C9H11IN2/c1-6-3-4-8-7(5-6)9(10)11-12(8)2/h3-5,9,11H,1-2H3. The fourth-order valence-corrected chi connectivity index (χ4v) is 2.41. The first-order valence-electron chi connectivity index (χ1n) is 3.93. The van der Waals surface area contributed by atoms with Crippen molar-refractivity contribution in [1.82, 2.24) is 5.43 Å². The third-order valence-electron chi connectivity index (χ3n) is 2.12. The van der Waals surface area contributed by atoms with Gasteiger partial charge in [0.2, 0.25) is 0 Å². The van der Waals surface area contributed by atoms with Crippen LogP contribution in [0, 0.1) is 6.92 Å². The monoisotopic (exact) mass is 274 g/mol. The molecule has 1 aliphatic heterocycles. The summed E-state index contributed by atoms with van der Waals surface area (Å²) >= 11 is 2.40. The zero-order valence-electron chi connectivity index (χ0n) is 7.13. The van der Waals surface area contributed by atoms with Crippen LogP contribution >= 0.6 is 22.6 Å². The highest BCUT2D eigenvalue weighted by Gasteiger charge is 2.22. The van der Waals surface area contributed by atoms with Crippen LogP contribution < -0.4 is 10.4 Å². The van der Waals surface area contributed by atoms with E-state index >= 15 is 0 Å². The number of benzene rings is 1. The highest BCUT2D eigenvalue weighted by Crippen LogP contribution is 2.35. The molecule has 1 aromatic rings. The second-order valence-electron chi connectivity index (χ2n) is 3.11. The van der Waals surface area contributed by atoms with Crippen LogP contribution in [0.15, 0.2) is 18.2 Å². The number of fused-ring (bicyclic) bond motifs is 1. The largest absolute Gasteiger partial charge is 0.310 e. The summed E-state index contributed by atoms with van der Waals surface area (Å²) in [5, 5.41) is 2.08. The molecule has 0 bridgehead atoms. The summed E-state index contributed by atoms with van der Waals surface area (Å²) in [6.07, 6.45) is 0. The molecular weight excluding hydrogens is 263 g/mol. The Labute approximate surface area is 86.1 Å². The van der Waals surface area contributed by atoms with Crippen LogP contribution in [-0.4, -0.2) is 7.05 Å². The Kier molecular flexibility index (Phi) is 2.00.